The number of carbonyl (C=O) groups excluding carboxylic acids is 1. The van der Waals surface area contributed by atoms with Crippen LogP contribution in [0.25, 0.3) is 33.6 Å². The highest BCUT2D eigenvalue weighted by molar-refractivity contribution is 5.93. The van der Waals surface area contributed by atoms with Gasteiger partial charge in [-0.1, -0.05) is 0 Å². The minimum absolute atomic E-state index is 0.262. The fourth-order valence-corrected chi connectivity index (χ4v) is 5.44. The fraction of sp³-hybridized carbons (Fsp3) is 0.500. The van der Waals surface area contributed by atoms with E-state index in [9.17, 15) is 13.6 Å². The molecule has 4 aromatic rings. The Morgan fingerprint density at radius 3 is 2.72 bits per heavy atom. The highest BCUT2D eigenvalue weighted by Gasteiger charge is 2.31. The van der Waals surface area contributed by atoms with Crippen molar-refractivity contribution in [2.24, 2.45) is 0 Å². The number of carbonyl (C=O) groups is 1. The zero-order valence-electron chi connectivity index (χ0n) is 19.9. The number of anilines is 1. The molecule has 1 saturated carbocycles. The predicted octanol–water partition coefficient (Wildman–Crippen LogP) is 3.68. The van der Waals surface area contributed by atoms with Crippen molar-refractivity contribution in [3.63, 3.8) is 0 Å². The summed E-state index contributed by atoms with van der Waals surface area (Å²) in [4.78, 5) is 39.6. The summed E-state index contributed by atoms with van der Waals surface area (Å²) in [6, 6.07) is 0.615. The van der Waals surface area contributed by atoms with E-state index in [4.69, 9.17) is 0 Å². The van der Waals surface area contributed by atoms with E-state index >= 15 is 0 Å². The van der Waals surface area contributed by atoms with Gasteiger partial charge < -0.3 is 19.8 Å². The normalized spacial score (nSPS) is 20.8. The molecule has 188 valence electrons. The highest BCUT2D eigenvalue weighted by atomic mass is 19.3. The van der Waals surface area contributed by atoms with Gasteiger partial charge in [0.15, 0.2) is 11.3 Å². The molecule has 0 unspecified atom stereocenters. The Morgan fingerprint density at radius 2 is 1.97 bits per heavy atom. The summed E-state index contributed by atoms with van der Waals surface area (Å²) in [5.74, 6) is 1.28. The molecule has 5 heterocycles. The van der Waals surface area contributed by atoms with Crippen LogP contribution in [-0.2, 0) is 11.3 Å². The number of aromatic nitrogens is 7. The Labute approximate surface area is 205 Å². The van der Waals surface area contributed by atoms with Crippen LogP contribution in [0.1, 0.15) is 44.3 Å². The SMILES string of the molecule is Cc1nc2ncc(-c3c[nH]c4nc(NC5CCC(N6CCCC6=O)CC5)ncc34)nc2n1CC(F)F. The van der Waals surface area contributed by atoms with Gasteiger partial charge >= 0.3 is 0 Å². The molecule has 1 aliphatic heterocycles. The van der Waals surface area contributed by atoms with Gasteiger partial charge in [0.05, 0.1) is 18.4 Å². The van der Waals surface area contributed by atoms with Gasteiger partial charge in [-0.2, -0.15) is 4.98 Å². The van der Waals surface area contributed by atoms with E-state index in [1.807, 2.05) is 0 Å². The molecule has 0 radical (unpaired) electrons. The number of amides is 1. The predicted molar refractivity (Wildman–Crippen MR) is 130 cm³/mol. The van der Waals surface area contributed by atoms with Gasteiger partial charge in [-0.15, -0.1) is 0 Å². The van der Waals surface area contributed by atoms with Crippen molar-refractivity contribution in [2.75, 3.05) is 11.9 Å². The van der Waals surface area contributed by atoms with Crippen molar-refractivity contribution in [1.29, 1.82) is 0 Å². The quantitative estimate of drug-likeness (QED) is 0.419. The van der Waals surface area contributed by atoms with E-state index in [2.05, 4.69) is 40.1 Å². The van der Waals surface area contributed by atoms with Gasteiger partial charge in [0.2, 0.25) is 11.9 Å². The van der Waals surface area contributed by atoms with Crippen LogP contribution < -0.4 is 5.32 Å². The van der Waals surface area contributed by atoms with Crippen LogP contribution in [0.5, 0.6) is 0 Å². The largest absolute Gasteiger partial charge is 0.351 e. The Morgan fingerprint density at radius 1 is 1.14 bits per heavy atom. The smallest absolute Gasteiger partial charge is 0.256 e. The first kappa shape index (κ1) is 22.7. The Balaban J connectivity index is 1.19. The van der Waals surface area contributed by atoms with E-state index in [-0.39, 0.29) is 6.04 Å². The molecule has 2 fully saturated rings. The van der Waals surface area contributed by atoms with Crippen LogP contribution >= 0.6 is 0 Å². The van der Waals surface area contributed by atoms with Crippen LogP contribution in [0.4, 0.5) is 14.7 Å². The van der Waals surface area contributed by atoms with Crippen molar-refractivity contribution < 1.29 is 13.6 Å². The van der Waals surface area contributed by atoms with Crippen molar-refractivity contribution in [3.8, 4) is 11.3 Å². The monoisotopic (exact) mass is 495 g/mol. The molecule has 1 saturated heterocycles. The van der Waals surface area contributed by atoms with Crippen molar-refractivity contribution in [1.82, 2.24) is 39.4 Å². The molecule has 36 heavy (non-hydrogen) atoms. The molecule has 12 heteroatoms. The summed E-state index contributed by atoms with van der Waals surface area (Å²) in [7, 11) is 0. The lowest BCUT2D eigenvalue weighted by Crippen LogP contribution is -2.41. The van der Waals surface area contributed by atoms with Crippen LogP contribution in [0, 0.1) is 6.92 Å². The second-order valence-corrected chi connectivity index (χ2v) is 9.56. The van der Waals surface area contributed by atoms with Crippen molar-refractivity contribution in [3.05, 3.63) is 24.4 Å². The first-order chi connectivity index (χ1) is 17.5. The van der Waals surface area contributed by atoms with Crippen LogP contribution in [0.3, 0.4) is 0 Å². The Hall–Kier alpha value is -3.70. The minimum atomic E-state index is -2.52. The number of halogens is 2. The van der Waals surface area contributed by atoms with Gasteiger partial charge in [-0.25, -0.2) is 28.7 Å². The molecular weight excluding hydrogens is 468 g/mol. The average molecular weight is 496 g/mol. The van der Waals surface area contributed by atoms with E-state index in [1.165, 1.54) is 4.57 Å². The third kappa shape index (κ3) is 4.14. The summed E-state index contributed by atoms with van der Waals surface area (Å²) >= 11 is 0. The number of hydrogen-bond acceptors (Lipinski definition) is 7. The van der Waals surface area contributed by atoms with Crippen LogP contribution in [0.15, 0.2) is 18.6 Å². The molecule has 1 amide bonds. The summed E-state index contributed by atoms with van der Waals surface area (Å²) in [5, 5.41) is 4.21. The molecule has 0 aromatic carbocycles. The maximum absolute atomic E-state index is 13.1. The number of imidazole rings is 1. The molecule has 2 aliphatic rings. The number of aryl methyl sites for hydroxylation is 1. The molecule has 0 bridgehead atoms. The molecule has 0 atom stereocenters. The van der Waals surface area contributed by atoms with Gasteiger partial charge in [-0.05, 0) is 39.0 Å². The minimum Gasteiger partial charge on any atom is -0.351 e. The first-order valence-corrected chi connectivity index (χ1v) is 12.3. The maximum atomic E-state index is 13.1. The number of fused-ring (bicyclic) bond motifs is 2. The Bertz CT molecular complexity index is 1420. The van der Waals surface area contributed by atoms with E-state index in [0.29, 0.717) is 52.8 Å². The lowest BCUT2D eigenvalue weighted by molar-refractivity contribution is -0.130. The third-order valence-electron chi connectivity index (χ3n) is 7.26. The third-order valence-corrected chi connectivity index (χ3v) is 7.26. The molecule has 1 aliphatic carbocycles. The molecule has 4 aromatic heterocycles. The number of H-pyrrole nitrogens is 1. The topological polar surface area (TPSA) is 118 Å². The highest BCUT2D eigenvalue weighted by Crippen LogP contribution is 2.30. The Kier molecular flexibility index (Phi) is 5.73. The number of hydrogen-bond donors (Lipinski definition) is 2. The maximum Gasteiger partial charge on any atom is 0.256 e. The van der Waals surface area contributed by atoms with Gasteiger partial charge in [-0.3, -0.25) is 4.79 Å². The zero-order chi connectivity index (χ0) is 24.8. The van der Waals surface area contributed by atoms with Gasteiger partial charge in [0.1, 0.15) is 11.5 Å². The number of aromatic amines is 1. The number of rotatable bonds is 6. The summed E-state index contributed by atoms with van der Waals surface area (Å²) < 4.78 is 27.5. The molecule has 2 N–H and O–H groups in total. The molecule has 0 spiro atoms. The zero-order valence-corrected chi connectivity index (χ0v) is 19.9. The lowest BCUT2D eigenvalue weighted by Gasteiger charge is -2.34. The summed E-state index contributed by atoms with van der Waals surface area (Å²) in [5.41, 5.74) is 2.58. The second kappa shape index (κ2) is 9.07. The van der Waals surface area contributed by atoms with Crippen LogP contribution in [-0.4, -0.2) is 70.3 Å². The van der Waals surface area contributed by atoms with Crippen molar-refractivity contribution in [2.45, 2.75) is 70.5 Å². The van der Waals surface area contributed by atoms with E-state index < -0.39 is 13.0 Å². The molecule has 6 rings (SSSR count). The number of nitrogens with one attached hydrogen (secondary N) is 2. The first-order valence-electron chi connectivity index (χ1n) is 12.3. The van der Waals surface area contributed by atoms with E-state index in [1.54, 1.807) is 25.5 Å². The number of alkyl halides is 2. The summed E-state index contributed by atoms with van der Waals surface area (Å²) in [6.45, 7) is 2.07. The molecule has 10 nitrogen and oxygen atoms in total. The fourth-order valence-electron chi connectivity index (χ4n) is 5.44. The van der Waals surface area contributed by atoms with Crippen molar-refractivity contribution >= 4 is 34.2 Å². The lowest BCUT2D eigenvalue weighted by atomic mass is 9.90. The van der Waals surface area contributed by atoms with Crippen LogP contribution in [0.2, 0.25) is 0 Å². The standard InChI is InChI=1S/C24H27F2N9O/c1-13-30-22-23(35(13)12-19(25)26)32-18(11-28-22)16-9-27-21-17(16)10-29-24(33-21)31-14-4-6-15(7-5-14)34-8-2-3-20(34)36/h9-11,14-15,19H,2-8,12H2,1H3,(H2,27,29,31,33). The summed E-state index contributed by atoms with van der Waals surface area (Å²) in [6.07, 6.45) is 8.14. The van der Waals surface area contributed by atoms with E-state index in [0.717, 1.165) is 49.6 Å². The van der Waals surface area contributed by atoms with Gasteiger partial charge in [0, 0.05) is 48.4 Å². The van der Waals surface area contributed by atoms with Gasteiger partial charge in [0.25, 0.3) is 6.43 Å². The number of nitrogens with zero attached hydrogens (tertiary/aromatic N) is 7. The second-order valence-electron chi connectivity index (χ2n) is 9.56. The average Bonchev–Trinajstić information content (AvgIpc) is 3.56. The number of likely N-dealkylation sites (tertiary alicyclic amines) is 1. The molecular formula is C24H27F2N9O.